The van der Waals surface area contributed by atoms with Gasteiger partial charge in [-0.25, -0.2) is 12.4 Å². The molecule has 2 amide bonds. The Balaban J connectivity index is 1.60. The molecule has 0 radical (unpaired) electrons. The van der Waals surface area contributed by atoms with Gasteiger partial charge in [-0.05, 0) is 63.8 Å². The van der Waals surface area contributed by atoms with Gasteiger partial charge in [-0.2, -0.15) is 0 Å². The fourth-order valence-electron chi connectivity index (χ4n) is 5.47. The van der Waals surface area contributed by atoms with Crippen molar-refractivity contribution >= 4 is 32.7 Å². The van der Waals surface area contributed by atoms with Gasteiger partial charge in [0.15, 0.2) is 0 Å². The van der Waals surface area contributed by atoms with Gasteiger partial charge >= 0.3 is 0 Å². The topological polar surface area (TPSA) is 101 Å². The molecule has 0 spiro atoms. The molecule has 3 heterocycles. The van der Waals surface area contributed by atoms with E-state index in [-0.39, 0.29) is 23.6 Å². The van der Waals surface area contributed by atoms with Crippen molar-refractivity contribution in [3.05, 3.63) is 35.0 Å². The number of hydrogen-bond acceptors (Lipinski definition) is 6. The van der Waals surface area contributed by atoms with E-state index >= 15 is 0 Å². The van der Waals surface area contributed by atoms with Crippen molar-refractivity contribution in [2.75, 3.05) is 39.1 Å². The average molecular weight is 533 g/mol. The standard InChI is InChI=1S/C27H40N4O5S/c1-5-37(34,35)31-24-9-8-20(27(33)29(4)13-6-7-26(32)28-19(2)3)17-22(24)23-18-30(14-10-25(23)31)21-11-15-36-16-12-21/h8-9,17,19,21H,5-7,10-16,18H2,1-4H3,(H,28,32). The summed E-state index contributed by atoms with van der Waals surface area (Å²) >= 11 is 0. The monoisotopic (exact) mass is 532 g/mol. The van der Waals surface area contributed by atoms with Gasteiger partial charge in [-0.1, -0.05) is 0 Å². The number of hydrogen-bond donors (Lipinski definition) is 1. The Morgan fingerprint density at radius 1 is 1.22 bits per heavy atom. The summed E-state index contributed by atoms with van der Waals surface area (Å²) in [5.74, 6) is -0.139. The number of amides is 2. The van der Waals surface area contributed by atoms with Crippen molar-refractivity contribution < 1.29 is 22.7 Å². The maximum absolute atomic E-state index is 13.3. The zero-order valence-corrected chi connectivity index (χ0v) is 23.3. The van der Waals surface area contributed by atoms with Crippen LogP contribution in [-0.4, -0.2) is 85.2 Å². The number of nitrogens with zero attached hydrogens (tertiary/aromatic N) is 3. The zero-order chi connectivity index (χ0) is 26.7. The Hall–Kier alpha value is -2.43. The fraction of sp³-hybridized carbons (Fsp3) is 0.630. The second-order valence-electron chi connectivity index (χ2n) is 10.4. The normalized spacial score (nSPS) is 17.2. The lowest BCUT2D eigenvalue weighted by Crippen LogP contribution is -2.42. The zero-order valence-electron chi connectivity index (χ0n) is 22.5. The van der Waals surface area contributed by atoms with E-state index in [4.69, 9.17) is 4.74 Å². The molecule has 1 N–H and O–H groups in total. The van der Waals surface area contributed by atoms with Gasteiger partial charge < -0.3 is 15.0 Å². The molecular weight excluding hydrogens is 492 g/mol. The van der Waals surface area contributed by atoms with Gasteiger partial charge in [0.05, 0.1) is 11.3 Å². The molecule has 4 rings (SSSR count). The van der Waals surface area contributed by atoms with Gasteiger partial charge in [-0.15, -0.1) is 0 Å². The smallest absolute Gasteiger partial charge is 0.253 e. The maximum Gasteiger partial charge on any atom is 0.253 e. The summed E-state index contributed by atoms with van der Waals surface area (Å²) in [4.78, 5) is 29.3. The number of nitrogens with one attached hydrogen (secondary N) is 1. The lowest BCUT2D eigenvalue weighted by atomic mass is 9.99. The van der Waals surface area contributed by atoms with Crippen LogP contribution in [0.1, 0.15) is 68.1 Å². The van der Waals surface area contributed by atoms with Crippen molar-refractivity contribution in [2.45, 2.75) is 71.5 Å². The van der Waals surface area contributed by atoms with Crippen LogP contribution in [-0.2, 0) is 32.5 Å². The first-order valence-corrected chi connectivity index (χ1v) is 15.0. The molecule has 10 heteroatoms. The third-order valence-electron chi connectivity index (χ3n) is 7.42. The van der Waals surface area contributed by atoms with Gasteiger partial charge in [0.25, 0.3) is 5.91 Å². The van der Waals surface area contributed by atoms with Crippen LogP contribution in [0.25, 0.3) is 10.9 Å². The number of carbonyl (C=O) groups excluding carboxylic acids is 2. The highest BCUT2D eigenvalue weighted by molar-refractivity contribution is 7.90. The summed E-state index contributed by atoms with van der Waals surface area (Å²) in [6.07, 6.45) is 3.55. The first-order chi connectivity index (χ1) is 17.6. The summed E-state index contributed by atoms with van der Waals surface area (Å²) in [5.41, 5.74) is 3.02. The minimum Gasteiger partial charge on any atom is -0.381 e. The molecule has 9 nitrogen and oxygen atoms in total. The van der Waals surface area contributed by atoms with Crippen LogP contribution in [0.5, 0.6) is 0 Å². The summed E-state index contributed by atoms with van der Waals surface area (Å²) < 4.78 is 33.3. The van der Waals surface area contributed by atoms with Crippen LogP contribution in [0.15, 0.2) is 18.2 Å². The molecule has 0 aliphatic carbocycles. The van der Waals surface area contributed by atoms with E-state index in [2.05, 4.69) is 10.2 Å². The molecule has 0 bridgehead atoms. The van der Waals surface area contributed by atoms with Crippen molar-refractivity contribution in [1.82, 2.24) is 19.1 Å². The van der Waals surface area contributed by atoms with Crippen molar-refractivity contribution in [1.29, 1.82) is 0 Å². The van der Waals surface area contributed by atoms with Crippen molar-refractivity contribution in [2.24, 2.45) is 0 Å². The second-order valence-corrected chi connectivity index (χ2v) is 12.5. The molecule has 37 heavy (non-hydrogen) atoms. The van der Waals surface area contributed by atoms with E-state index in [1.165, 1.54) is 3.97 Å². The Bertz CT molecular complexity index is 1250. The molecule has 204 valence electrons. The number of fused-ring (bicyclic) bond motifs is 3. The first-order valence-electron chi connectivity index (χ1n) is 13.4. The van der Waals surface area contributed by atoms with Crippen LogP contribution >= 0.6 is 0 Å². The molecular formula is C27H40N4O5S. The Kier molecular flexibility index (Phi) is 8.60. The van der Waals surface area contributed by atoms with E-state index in [1.807, 2.05) is 19.9 Å². The fourth-order valence-corrected chi connectivity index (χ4v) is 6.73. The molecule has 2 aromatic rings. The highest BCUT2D eigenvalue weighted by Crippen LogP contribution is 2.35. The van der Waals surface area contributed by atoms with Crippen molar-refractivity contribution in [3.8, 4) is 0 Å². The average Bonchev–Trinajstić information content (AvgIpc) is 3.22. The van der Waals surface area contributed by atoms with E-state index in [1.54, 1.807) is 31.0 Å². The lowest BCUT2D eigenvalue weighted by Gasteiger charge is -2.37. The molecule has 2 aliphatic rings. The molecule has 0 unspecified atom stereocenters. The van der Waals surface area contributed by atoms with Crippen molar-refractivity contribution in [3.63, 3.8) is 0 Å². The quantitative estimate of drug-likeness (QED) is 0.533. The minimum atomic E-state index is -3.50. The van der Waals surface area contributed by atoms with E-state index in [9.17, 15) is 18.0 Å². The Morgan fingerprint density at radius 3 is 2.62 bits per heavy atom. The second kappa shape index (κ2) is 11.5. The van der Waals surface area contributed by atoms with E-state index in [0.717, 1.165) is 49.2 Å². The van der Waals surface area contributed by atoms with Crippen LogP contribution in [0, 0.1) is 0 Å². The van der Waals surface area contributed by atoms with Gasteiger partial charge in [-0.3, -0.25) is 14.5 Å². The number of benzene rings is 1. The predicted molar refractivity (Wildman–Crippen MR) is 144 cm³/mol. The van der Waals surface area contributed by atoms with Gasteiger partial charge in [0, 0.05) is 81.5 Å². The van der Waals surface area contributed by atoms with E-state index in [0.29, 0.717) is 49.5 Å². The van der Waals surface area contributed by atoms with Crippen LogP contribution in [0.4, 0.5) is 0 Å². The lowest BCUT2D eigenvalue weighted by molar-refractivity contribution is -0.121. The number of aromatic nitrogens is 1. The third-order valence-corrected chi connectivity index (χ3v) is 9.12. The molecule has 1 fully saturated rings. The Labute approximate surface area is 220 Å². The summed E-state index contributed by atoms with van der Waals surface area (Å²) in [7, 11) is -1.76. The van der Waals surface area contributed by atoms with Crippen LogP contribution in [0.2, 0.25) is 0 Å². The predicted octanol–water partition coefficient (Wildman–Crippen LogP) is 2.75. The molecule has 0 saturated carbocycles. The van der Waals surface area contributed by atoms with Crippen LogP contribution < -0.4 is 5.32 Å². The Morgan fingerprint density at radius 2 is 1.95 bits per heavy atom. The minimum absolute atomic E-state index is 0.0146. The number of ether oxygens (including phenoxy) is 1. The molecule has 1 aromatic carbocycles. The highest BCUT2D eigenvalue weighted by atomic mass is 32.2. The molecule has 2 aliphatic heterocycles. The summed E-state index contributed by atoms with van der Waals surface area (Å²) in [6, 6.07) is 5.86. The summed E-state index contributed by atoms with van der Waals surface area (Å²) in [6.45, 7) is 8.96. The highest BCUT2D eigenvalue weighted by Gasteiger charge is 2.32. The van der Waals surface area contributed by atoms with Gasteiger partial charge in [0.2, 0.25) is 15.9 Å². The van der Waals surface area contributed by atoms with Gasteiger partial charge in [0.1, 0.15) is 0 Å². The first kappa shape index (κ1) is 27.6. The number of rotatable bonds is 9. The number of carbonyl (C=O) groups is 2. The molecule has 0 atom stereocenters. The third kappa shape index (κ3) is 6.02. The SMILES string of the molecule is CCS(=O)(=O)n1c2c(c3cc(C(=O)N(C)CCCC(=O)NC(C)C)ccc31)CN(C1CCOCC1)CC2. The largest absolute Gasteiger partial charge is 0.381 e. The molecule has 1 aromatic heterocycles. The van der Waals surface area contributed by atoms with Crippen LogP contribution in [0.3, 0.4) is 0 Å². The molecule has 1 saturated heterocycles. The maximum atomic E-state index is 13.3. The van der Waals surface area contributed by atoms with E-state index < -0.39 is 10.0 Å². The summed E-state index contributed by atoms with van der Waals surface area (Å²) in [5, 5.41) is 3.70.